The Morgan fingerprint density at radius 3 is 2.56 bits per heavy atom. The van der Waals surface area contributed by atoms with Crippen LogP contribution in [0.1, 0.15) is 44.9 Å². The highest BCUT2D eigenvalue weighted by molar-refractivity contribution is 5.88. The van der Waals surface area contributed by atoms with E-state index in [0.717, 1.165) is 19.3 Å². The quantitative estimate of drug-likeness (QED) is 0.502. The molecule has 2 N–H and O–H groups in total. The van der Waals surface area contributed by atoms with Crippen molar-refractivity contribution in [2.45, 2.75) is 51.0 Å². The molecule has 18 heavy (non-hydrogen) atoms. The number of carboxylic acid groups (broad SMARTS) is 1. The Bertz CT molecular complexity index is 313. The van der Waals surface area contributed by atoms with Crippen molar-refractivity contribution in [3.05, 3.63) is 0 Å². The molecule has 0 bridgehead atoms. The summed E-state index contributed by atoms with van der Waals surface area (Å²) in [5, 5.41) is 18.0. The van der Waals surface area contributed by atoms with Crippen LogP contribution in [0, 0.1) is 11.8 Å². The molecule has 1 saturated carbocycles. The Morgan fingerprint density at radius 1 is 1.28 bits per heavy atom. The summed E-state index contributed by atoms with van der Waals surface area (Å²) in [7, 11) is 0. The van der Waals surface area contributed by atoms with Gasteiger partial charge in [0, 0.05) is 18.8 Å². The molecular formula is C13H20O5. The monoisotopic (exact) mass is 256 g/mol. The minimum absolute atomic E-state index is 0.0230. The molecule has 0 aromatic heterocycles. The van der Waals surface area contributed by atoms with Crippen molar-refractivity contribution in [2.75, 3.05) is 0 Å². The summed E-state index contributed by atoms with van der Waals surface area (Å²) in [4.78, 5) is 32.7. The number of aliphatic carboxylic acids is 1. The standard InChI is InChI=1S/C13H20O5/c14-8-10-9(11(15)7-12(10)16)5-3-1-2-4-6-13(17)18/h8-10,12,16H,1-7H2,(H,17,18). The number of aliphatic hydroxyl groups excluding tert-OH is 1. The van der Waals surface area contributed by atoms with Gasteiger partial charge in [-0.2, -0.15) is 0 Å². The summed E-state index contributed by atoms with van der Waals surface area (Å²) in [6.07, 6.45) is 3.88. The van der Waals surface area contributed by atoms with Gasteiger partial charge in [-0.05, 0) is 12.8 Å². The van der Waals surface area contributed by atoms with Gasteiger partial charge in [0.2, 0.25) is 0 Å². The Morgan fingerprint density at radius 2 is 1.94 bits per heavy atom. The summed E-state index contributed by atoms with van der Waals surface area (Å²) in [5.41, 5.74) is 0. The molecule has 1 aliphatic carbocycles. The molecule has 1 aliphatic rings. The van der Waals surface area contributed by atoms with E-state index >= 15 is 0 Å². The molecule has 1 rings (SSSR count). The first-order valence-corrected chi connectivity index (χ1v) is 6.44. The number of ketones is 1. The van der Waals surface area contributed by atoms with Gasteiger partial charge in [0.15, 0.2) is 0 Å². The topological polar surface area (TPSA) is 91.7 Å². The lowest BCUT2D eigenvalue weighted by Crippen LogP contribution is -2.21. The molecular weight excluding hydrogens is 236 g/mol. The van der Waals surface area contributed by atoms with Gasteiger partial charge in [0.1, 0.15) is 12.1 Å². The normalized spacial score (nSPS) is 27.4. The molecule has 0 amide bonds. The van der Waals surface area contributed by atoms with Crippen LogP contribution in [0.3, 0.4) is 0 Å². The first kappa shape index (κ1) is 14.8. The lowest BCUT2D eigenvalue weighted by atomic mass is 9.90. The van der Waals surface area contributed by atoms with Gasteiger partial charge in [-0.15, -0.1) is 0 Å². The molecule has 102 valence electrons. The van der Waals surface area contributed by atoms with E-state index in [1.165, 1.54) is 0 Å². The molecule has 0 aromatic carbocycles. The zero-order valence-electron chi connectivity index (χ0n) is 10.4. The summed E-state index contributed by atoms with van der Waals surface area (Å²) in [5.74, 6) is -1.69. The smallest absolute Gasteiger partial charge is 0.303 e. The Hall–Kier alpha value is -1.23. The Labute approximate surface area is 106 Å². The van der Waals surface area contributed by atoms with Gasteiger partial charge < -0.3 is 15.0 Å². The van der Waals surface area contributed by atoms with Crippen molar-refractivity contribution in [2.24, 2.45) is 11.8 Å². The highest BCUT2D eigenvalue weighted by Crippen LogP contribution is 2.31. The van der Waals surface area contributed by atoms with E-state index in [4.69, 9.17) is 5.11 Å². The number of carbonyl (C=O) groups excluding carboxylic acids is 2. The van der Waals surface area contributed by atoms with Crippen LogP contribution in [0.2, 0.25) is 0 Å². The molecule has 5 nitrogen and oxygen atoms in total. The van der Waals surface area contributed by atoms with Crippen molar-refractivity contribution in [3.63, 3.8) is 0 Å². The maximum atomic E-state index is 11.6. The molecule has 5 heteroatoms. The predicted molar refractivity (Wildman–Crippen MR) is 64.0 cm³/mol. The van der Waals surface area contributed by atoms with Gasteiger partial charge in [-0.25, -0.2) is 0 Å². The second-order valence-corrected chi connectivity index (χ2v) is 4.90. The van der Waals surface area contributed by atoms with E-state index in [1.54, 1.807) is 0 Å². The predicted octanol–water partition coefficient (Wildman–Crippen LogP) is 1.18. The highest BCUT2D eigenvalue weighted by atomic mass is 16.4. The number of rotatable bonds is 8. The van der Waals surface area contributed by atoms with E-state index in [-0.39, 0.29) is 24.5 Å². The molecule has 0 spiro atoms. The summed E-state index contributed by atoms with van der Waals surface area (Å²) in [6, 6.07) is 0. The second-order valence-electron chi connectivity index (χ2n) is 4.90. The van der Waals surface area contributed by atoms with Crippen molar-refractivity contribution >= 4 is 18.0 Å². The Balaban J connectivity index is 2.20. The molecule has 0 saturated heterocycles. The van der Waals surface area contributed by atoms with Crippen molar-refractivity contribution < 1.29 is 24.6 Å². The first-order chi connectivity index (χ1) is 8.56. The number of aliphatic hydroxyl groups is 1. The largest absolute Gasteiger partial charge is 0.481 e. The maximum Gasteiger partial charge on any atom is 0.303 e. The van der Waals surface area contributed by atoms with E-state index in [0.29, 0.717) is 19.1 Å². The molecule has 0 heterocycles. The lowest BCUT2D eigenvalue weighted by molar-refractivity contribution is -0.137. The molecule has 0 aliphatic heterocycles. The second kappa shape index (κ2) is 7.26. The number of carboxylic acids is 1. The SMILES string of the molecule is O=CC1C(O)CC(=O)C1CCCCCCC(=O)O. The van der Waals surface area contributed by atoms with Crippen molar-refractivity contribution in [1.29, 1.82) is 0 Å². The molecule has 0 aromatic rings. The van der Waals surface area contributed by atoms with Gasteiger partial charge in [0.25, 0.3) is 0 Å². The zero-order chi connectivity index (χ0) is 13.5. The highest BCUT2D eigenvalue weighted by Gasteiger charge is 2.40. The number of unbranched alkanes of at least 4 members (excludes halogenated alkanes) is 3. The fourth-order valence-corrected chi connectivity index (χ4v) is 2.51. The van der Waals surface area contributed by atoms with Gasteiger partial charge in [-0.1, -0.05) is 19.3 Å². The number of Topliss-reactive ketones (excluding diaryl/α,β-unsaturated/α-hetero) is 1. The third kappa shape index (κ3) is 4.22. The van der Waals surface area contributed by atoms with E-state index in [1.807, 2.05) is 0 Å². The van der Waals surface area contributed by atoms with Gasteiger partial charge in [0.05, 0.1) is 12.0 Å². The summed E-state index contributed by atoms with van der Waals surface area (Å²) in [6.45, 7) is 0. The average molecular weight is 256 g/mol. The van der Waals surface area contributed by atoms with Crippen molar-refractivity contribution in [1.82, 2.24) is 0 Å². The van der Waals surface area contributed by atoms with E-state index < -0.39 is 18.0 Å². The molecule has 3 unspecified atom stereocenters. The zero-order valence-corrected chi connectivity index (χ0v) is 10.4. The molecule has 1 fully saturated rings. The van der Waals surface area contributed by atoms with Crippen molar-refractivity contribution in [3.8, 4) is 0 Å². The molecule has 0 radical (unpaired) electrons. The van der Waals surface area contributed by atoms with Crippen LogP contribution >= 0.6 is 0 Å². The van der Waals surface area contributed by atoms with Crippen LogP contribution in [-0.2, 0) is 14.4 Å². The van der Waals surface area contributed by atoms with Crippen LogP contribution < -0.4 is 0 Å². The fourth-order valence-electron chi connectivity index (χ4n) is 2.51. The van der Waals surface area contributed by atoms with Crippen LogP contribution in [0.4, 0.5) is 0 Å². The number of hydrogen-bond acceptors (Lipinski definition) is 4. The van der Waals surface area contributed by atoms with Gasteiger partial charge in [-0.3, -0.25) is 9.59 Å². The van der Waals surface area contributed by atoms with Crippen LogP contribution in [-0.4, -0.2) is 34.4 Å². The number of hydrogen-bond donors (Lipinski definition) is 2. The first-order valence-electron chi connectivity index (χ1n) is 6.44. The molecule has 3 atom stereocenters. The van der Waals surface area contributed by atoms with Crippen LogP contribution in [0.15, 0.2) is 0 Å². The third-order valence-corrected chi connectivity index (χ3v) is 3.55. The third-order valence-electron chi connectivity index (χ3n) is 3.55. The minimum atomic E-state index is -0.813. The lowest BCUT2D eigenvalue weighted by Gasteiger charge is -2.14. The fraction of sp³-hybridized carbons (Fsp3) is 0.769. The Kier molecular flexibility index (Phi) is 5.98. The average Bonchev–Trinajstić information content (AvgIpc) is 2.57. The number of carbonyl (C=O) groups is 3. The summed E-state index contributed by atoms with van der Waals surface area (Å²) >= 11 is 0. The number of aldehydes is 1. The summed E-state index contributed by atoms with van der Waals surface area (Å²) < 4.78 is 0. The van der Waals surface area contributed by atoms with E-state index in [2.05, 4.69) is 0 Å². The van der Waals surface area contributed by atoms with Crippen LogP contribution in [0.25, 0.3) is 0 Å². The minimum Gasteiger partial charge on any atom is -0.481 e. The maximum absolute atomic E-state index is 11.6. The van der Waals surface area contributed by atoms with Crippen LogP contribution in [0.5, 0.6) is 0 Å². The van der Waals surface area contributed by atoms with E-state index in [9.17, 15) is 19.5 Å². The van der Waals surface area contributed by atoms with Gasteiger partial charge >= 0.3 is 5.97 Å².